The van der Waals surface area contributed by atoms with Crippen LogP contribution in [-0.4, -0.2) is 39.0 Å². The molecule has 8 heteroatoms. The monoisotopic (exact) mass is 569 g/mol. The van der Waals surface area contributed by atoms with E-state index in [4.69, 9.17) is 19.2 Å². The van der Waals surface area contributed by atoms with Gasteiger partial charge in [0.05, 0.1) is 22.1 Å². The lowest BCUT2D eigenvalue weighted by Crippen LogP contribution is -2.56. The van der Waals surface area contributed by atoms with Crippen molar-refractivity contribution in [1.82, 2.24) is 15.3 Å². The van der Waals surface area contributed by atoms with Gasteiger partial charge < -0.3 is 19.5 Å². The second-order valence-electron chi connectivity index (χ2n) is 12.9. The van der Waals surface area contributed by atoms with E-state index in [2.05, 4.69) is 22.5 Å². The smallest absolute Gasteiger partial charge is 0.444 e. The molecule has 0 unspecified atom stereocenters. The topological polar surface area (TPSA) is 99.6 Å². The molecule has 1 N–H and O–H groups in total. The van der Waals surface area contributed by atoms with Crippen LogP contribution in [0.15, 0.2) is 66.4 Å². The van der Waals surface area contributed by atoms with Crippen LogP contribution in [0.25, 0.3) is 27.6 Å². The average Bonchev–Trinajstić information content (AvgIpc) is 2.89. The first-order valence-electron chi connectivity index (χ1n) is 14.5. The molecule has 5 rings (SSSR count). The molecule has 220 valence electrons. The number of hydrogen-bond acceptors (Lipinski definition) is 7. The van der Waals surface area contributed by atoms with Crippen molar-refractivity contribution in [3.63, 3.8) is 0 Å². The quantitative estimate of drug-likeness (QED) is 0.309. The Morgan fingerprint density at radius 3 is 2.21 bits per heavy atom. The Bertz CT molecular complexity index is 1560. The van der Waals surface area contributed by atoms with E-state index in [1.807, 2.05) is 63.2 Å². The minimum absolute atomic E-state index is 0.151. The zero-order chi connectivity index (χ0) is 30.1. The van der Waals surface area contributed by atoms with Crippen molar-refractivity contribution in [3.05, 3.63) is 72.1 Å². The Balaban J connectivity index is 1.51. The van der Waals surface area contributed by atoms with Crippen molar-refractivity contribution < 1.29 is 23.8 Å². The molecule has 1 amide bonds. The number of rotatable bonds is 5. The normalized spacial score (nSPS) is 16.5. The summed E-state index contributed by atoms with van der Waals surface area (Å²) in [5, 5.41) is 3.79. The van der Waals surface area contributed by atoms with E-state index in [-0.39, 0.29) is 17.5 Å². The molecule has 0 saturated heterocycles. The number of hydrogen-bond donors (Lipinski definition) is 1. The maximum absolute atomic E-state index is 12.7. The lowest BCUT2D eigenvalue weighted by Gasteiger charge is -2.45. The number of amides is 1. The highest BCUT2D eigenvalue weighted by Gasteiger charge is 2.43. The highest BCUT2D eigenvalue weighted by molar-refractivity contribution is 5.93. The number of aromatic nitrogens is 2. The van der Waals surface area contributed by atoms with Gasteiger partial charge in [0.1, 0.15) is 11.2 Å². The van der Waals surface area contributed by atoms with Gasteiger partial charge in [-0.25, -0.2) is 19.6 Å². The van der Waals surface area contributed by atoms with E-state index >= 15 is 0 Å². The second-order valence-corrected chi connectivity index (χ2v) is 12.9. The van der Waals surface area contributed by atoms with E-state index in [0.717, 1.165) is 54.5 Å². The van der Waals surface area contributed by atoms with Gasteiger partial charge in [0.25, 0.3) is 0 Å². The van der Waals surface area contributed by atoms with Gasteiger partial charge in [-0.1, -0.05) is 42.5 Å². The lowest BCUT2D eigenvalue weighted by molar-refractivity contribution is 0.0200. The first-order chi connectivity index (χ1) is 19.8. The third kappa shape index (κ3) is 6.64. The first-order valence-corrected chi connectivity index (χ1v) is 14.5. The van der Waals surface area contributed by atoms with Crippen LogP contribution in [0.3, 0.4) is 0 Å². The summed E-state index contributed by atoms with van der Waals surface area (Å²) in [5.74, 6) is 0.151. The summed E-state index contributed by atoms with van der Waals surface area (Å²) in [6.07, 6.45) is 9.09. The molecular formula is C34H39N3O5. The van der Waals surface area contributed by atoms with E-state index in [1.165, 1.54) is 5.57 Å². The van der Waals surface area contributed by atoms with Crippen molar-refractivity contribution in [1.29, 1.82) is 0 Å². The van der Waals surface area contributed by atoms with Crippen LogP contribution >= 0.6 is 0 Å². The molecule has 2 aromatic heterocycles. The van der Waals surface area contributed by atoms with Gasteiger partial charge in [-0.3, -0.25) is 0 Å². The number of nitrogens with zero attached hydrogens (tertiary/aromatic N) is 2. The van der Waals surface area contributed by atoms with Crippen LogP contribution in [0.2, 0.25) is 0 Å². The molecular weight excluding hydrogens is 530 g/mol. The van der Waals surface area contributed by atoms with Crippen molar-refractivity contribution >= 4 is 28.7 Å². The van der Waals surface area contributed by atoms with E-state index in [9.17, 15) is 9.59 Å². The Morgan fingerprint density at radius 1 is 0.905 bits per heavy atom. The van der Waals surface area contributed by atoms with Gasteiger partial charge >= 0.3 is 12.2 Å². The fourth-order valence-electron chi connectivity index (χ4n) is 5.37. The highest BCUT2D eigenvalue weighted by atomic mass is 16.7. The number of pyridine rings is 2. The standard InChI is InChI=1S/C34H39N3O5/c1-32(2,3)41-30(38)37-34(18-10-19-34)24-15-13-23(14-16-24)28-25(22-11-8-7-9-12-22)21-26-27(36-28)17-20-35-29(26)40-31(39)42-33(4,5)6/h7-9,11-13,15,17,20-21H,10,14,16,18-19H2,1-6H3,(H,37,38). The van der Waals surface area contributed by atoms with Crippen LogP contribution in [0.4, 0.5) is 9.59 Å². The lowest BCUT2D eigenvalue weighted by atomic mass is 9.68. The SMILES string of the molecule is CC(C)(C)OC(=O)NC1(C2=CC=C(c3nc4ccnc(OC(=O)OC(C)(C)C)c4cc3-c3ccccc3)CC2)CCC1. The van der Waals surface area contributed by atoms with Crippen LogP contribution in [-0.2, 0) is 9.47 Å². The summed E-state index contributed by atoms with van der Waals surface area (Å²) in [6, 6.07) is 13.8. The minimum atomic E-state index is -0.814. The number of fused-ring (bicyclic) bond motifs is 1. The largest absolute Gasteiger partial charge is 0.515 e. The molecule has 0 spiro atoms. The van der Waals surface area contributed by atoms with E-state index in [0.29, 0.717) is 10.9 Å². The van der Waals surface area contributed by atoms with Crippen LogP contribution in [0, 0.1) is 0 Å². The van der Waals surface area contributed by atoms with Gasteiger partial charge in [-0.05, 0) is 102 Å². The zero-order valence-electron chi connectivity index (χ0n) is 25.2. The van der Waals surface area contributed by atoms with Gasteiger partial charge in [0, 0.05) is 11.8 Å². The summed E-state index contributed by atoms with van der Waals surface area (Å²) in [6.45, 7) is 11.0. The molecule has 0 bridgehead atoms. The Morgan fingerprint density at radius 2 is 1.62 bits per heavy atom. The zero-order valence-corrected chi connectivity index (χ0v) is 25.2. The minimum Gasteiger partial charge on any atom is -0.444 e. The van der Waals surface area contributed by atoms with Crippen molar-refractivity contribution in [2.75, 3.05) is 0 Å². The summed E-state index contributed by atoms with van der Waals surface area (Å²) in [4.78, 5) is 34.5. The molecule has 3 aromatic rings. The fraction of sp³-hybridized carbons (Fsp3) is 0.412. The molecule has 0 radical (unpaired) electrons. The number of benzene rings is 1. The van der Waals surface area contributed by atoms with Gasteiger partial charge in [0.15, 0.2) is 0 Å². The molecule has 1 fully saturated rings. The summed E-state index contributed by atoms with van der Waals surface area (Å²) in [7, 11) is 0. The second kappa shape index (κ2) is 11.2. The highest BCUT2D eigenvalue weighted by Crippen LogP contribution is 2.44. The van der Waals surface area contributed by atoms with Crippen molar-refractivity contribution in [3.8, 4) is 17.0 Å². The predicted octanol–water partition coefficient (Wildman–Crippen LogP) is 8.16. The average molecular weight is 570 g/mol. The van der Waals surface area contributed by atoms with Gasteiger partial charge in [-0.2, -0.15) is 0 Å². The maximum atomic E-state index is 12.7. The summed E-state index contributed by atoms with van der Waals surface area (Å²) < 4.78 is 16.4. The third-order valence-electron chi connectivity index (χ3n) is 7.38. The molecule has 2 aliphatic rings. The molecule has 0 aliphatic heterocycles. The number of nitrogens with one attached hydrogen (secondary N) is 1. The molecule has 8 nitrogen and oxygen atoms in total. The fourth-order valence-corrected chi connectivity index (χ4v) is 5.37. The number of allylic oxidation sites excluding steroid dienone is 3. The van der Waals surface area contributed by atoms with E-state index < -0.39 is 17.4 Å². The number of alkyl carbamates (subject to hydrolysis) is 1. The summed E-state index contributed by atoms with van der Waals surface area (Å²) >= 11 is 0. The van der Waals surface area contributed by atoms with Crippen LogP contribution < -0.4 is 10.1 Å². The van der Waals surface area contributed by atoms with Crippen molar-refractivity contribution in [2.24, 2.45) is 0 Å². The number of carbonyl (C=O) groups is 2. The molecule has 2 aliphatic carbocycles. The van der Waals surface area contributed by atoms with E-state index in [1.54, 1.807) is 27.0 Å². The molecule has 1 saturated carbocycles. The van der Waals surface area contributed by atoms with Crippen LogP contribution in [0.5, 0.6) is 5.88 Å². The Kier molecular flexibility index (Phi) is 7.84. The van der Waals surface area contributed by atoms with Gasteiger partial charge in [-0.15, -0.1) is 0 Å². The first kappa shape index (κ1) is 29.3. The third-order valence-corrected chi connectivity index (χ3v) is 7.38. The predicted molar refractivity (Wildman–Crippen MR) is 163 cm³/mol. The van der Waals surface area contributed by atoms with Crippen LogP contribution in [0.1, 0.15) is 79.3 Å². The van der Waals surface area contributed by atoms with Gasteiger partial charge in [0.2, 0.25) is 5.88 Å². The number of carbonyl (C=O) groups excluding carboxylic acids is 2. The Labute approximate surface area is 247 Å². The molecule has 2 heterocycles. The van der Waals surface area contributed by atoms with Crippen molar-refractivity contribution in [2.45, 2.75) is 90.4 Å². The number of ether oxygens (including phenoxy) is 3. The maximum Gasteiger partial charge on any atom is 0.515 e. The summed E-state index contributed by atoms with van der Waals surface area (Å²) in [5.41, 5.74) is 4.14. The molecule has 1 aromatic carbocycles. The molecule has 42 heavy (non-hydrogen) atoms. The molecule has 0 atom stereocenters. The Hall–Kier alpha value is -4.20.